The third kappa shape index (κ3) is 2.97. The molecule has 0 atom stereocenters. The number of hydrogen-bond acceptors (Lipinski definition) is 4. The summed E-state index contributed by atoms with van der Waals surface area (Å²) in [5, 5.41) is 9.98. The Morgan fingerprint density at radius 2 is 1.81 bits per heavy atom. The lowest BCUT2D eigenvalue weighted by Crippen LogP contribution is -2.24. The minimum atomic E-state index is -0.665. The van der Waals surface area contributed by atoms with Crippen molar-refractivity contribution in [1.82, 2.24) is 0 Å². The van der Waals surface area contributed by atoms with Gasteiger partial charge in [0.2, 0.25) is 0 Å². The van der Waals surface area contributed by atoms with E-state index in [1.165, 1.54) is 48.4 Å². The highest BCUT2D eigenvalue weighted by molar-refractivity contribution is 6.23. The number of halogens is 1. The van der Waals surface area contributed by atoms with Gasteiger partial charge in [0, 0.05) is 16.9 Å². The summed E-state index contributed by atoms with van der Waals surface area (Å²) < 4.78 is 18.0. The van der Waals surface area contributed by atoms with E-state index in [9.17, 15) is 19.1 Å². The van der Waals surface area contributed by atoms with E-state index < -0.39 is 17.7 Å². The van der Waals surface area contributed by atoms with E-state index in [0.29, 0.717) is 16.9 Å². The molecular weight excluding hydrogens is 337 g/mol. The molecule has 0 bridgehead atoms. The fraction of sp³-hybridized carbons (Fsp3) is 0.100. The molecular formula is C20H16FNO4. The summed E-state index contributed by atoms with van der Waals surface area (Å²) >= 11 is 0. The van der Waals surface area contributed by atoms with Crippen molar-refractivity contribution in [2.45, 2.75) is 6.92 Å². The molecule has 5 nitrogen and oxygen atoms in total. The maximum Gasteiger partial charge on any atom is 0.340 e. The summed E-state index contributed by atoms with van der Waals surface area (Å²) in [5.74, 6) is -1.57. The zero-order chi connectivity index (χ0) is 18.8. The number of methoxy groups -OCH3 is 1. The van der Waals surface area contributed by atoms with Gasteiger partial charge in [-0.2, -0.15) is 0 Å². The second-order valence-corrected chi connectivity index (χ2v) is 5.69. The average molecular weight is 353 g/mol. The van der Waals surface area contributed by atoms with Crippen LogP contribution in [0.5, 0.6) is 5.75 Å². The summed E-state index contributed by atoms with van der Waals surface area (Å²) in [7, 11) is 1.23. The number of esters is 1. The van der Waals surface area contributed by atoms with Crippen LogP contribution >= 0.6 is 0 Å². The van der Waals surface area contributed by atoms with Crippen LogP contribution in [0.3, 0.4) is 0 Å². The average Bonchev–Trinajstić information content (AvgIpc) is 2.87. The van der Waals surface area contributed by atoms with E-state index in [0.717, 1.165) is 0 Å². The second-order valence-electron chi connectivity index (χ2n) is 5.69. The SMILES string of the molecule is COC(=O)C1=C(C)N(c2ccc(F)cc2)C(=O)/C1=C/c1ccccc1O. The normalized spacial score (nSPS) is 15.7. The summed E-state index contributed by atoms with van der Waals surface area (Å²) in [5.41, 5.74) is 1.39. The molecule has 1 N–H and O–H groups in total. The summed E-state index contributed by atoms with van der Waals surface area (Å²) in [6, 6.07) is 11.8. The van der Waals surface area contributed by atoms with Gasteiger partial charge in [0.1, 0.15) is 11.6 Å². The third-order valence-electron chi connectivity index (χ3n) is 4.11. The molecule has 132 valence electrons. The van der Waals surface area contributed by atoms with Crippen molar-refractivity contribution in [1.29, 1.82) is 0 Å². The first-order valence-corrected chi connectivity index (χ1v) is 7.83. The van der Waals surface area contributed by atoms with E-state index in [2.05, 4.69) is 0 Å². The Morgan fingerprint density at radius 3 is 2.42 bits per heavy atom. The van der Waals surface area contributed by atoms with Gasteiger partial charge in [-0.1, -0.05) is 18.2 Å². The molecule has 0 fully saturated rings. The Morgan fingerprint density at radius 1 is 1.15 bits per heavy atom. The lowest BCUT2D eigenvalue weighted by Gasteiger charge is -2.17. The number of anilines is 1. The number of ether oxygens (including phenoxy) is 1. The molecule has 0 aromatic heterocycles. The molecule has 1 amide bonds. The van der Waals surface area contributed by atoms with Gasteiger partial charge in [-0.15, -0.1) is 0 Å². The molecule has 2 aromatic carbocycles. The number of nitrogens with zero attached hydrogens (tertiary/aromatic N) is 1. The molecule has 0 unspecified atom stereocenters. The van der Waals surface area contributed by atoms with E-state index in [-0.39, 0.29) is 16.9 Å². The van der Waals surface area contributed by atoms with Gasteiger partial charge < -0.3 is 9.84 Å². The molecule has 0 saturated heterocycles. The van der Waals surface area contributed by atoms with E-state index >= 15 is 0 Å². The van der Waals surface area contributed by atoms with Crippen molar-refractivity contribution in [3.05, 3.63) is 76.8 Å². The largest absolute Gasteiger partial charge is 0.507 e. The summed E-state index contributed by atoms with van der Waals surface area (Å²) in [4.78, 5) is 26.6. The number of para-hydroxylation sites is 1. The number of aromatic hydroxyl groups is 1. The van der Waals surface area contributed by atoms with Crippen molar-refractivity contribution in [3.8, 4) is 5.75 Å². The zero-order valence-corrected chi connectivity index (χ0v) is 14.2. The van der Waals surface area contributed by atoms with Crippen LogP contribution < -0.4 is 4.90 Å². The van der Waals surface area contributed by atoms with Crippen molar-refractivity contribution in [3.63, 3.8) is 0 Å². The predicted octanol–water partition coefficient (Wildman–Crippen LogP) is 3.41. The fourth-order valence-corrected chi connectivity index (χ4v) is 2.85. The van der Waals surface area contributed by atoms with Crippen molar-refractivity contribution in [2.24, 2.45) is 0 Å². The second kappa shape index (κ2) is 6.84. The van der Waals surface area contributed by atoms with Crippen LogP contribution in [0.2, 0.25) is 0 Å². The van der Waals surface area contributed by atoms with Crippen LogP contribution in [0.1, 0.15) is 12.5 Å². The van der Waals surface area contributed by atoms with Gasteiger partial charge >= 0.3 is 5.97 Å². The number of rotatable bonds is 3. The van der Waals surface area contributed by atoms with E-state index in [1.807, 2.05) is 0 Å². The Labute approximate surface area is 149 Å². The zero-order valence-electron chi connectivity index (χ0n) is 14.2. The third-order valence-corrected chi connectivity index (χ3v) is 4.11. The number of benzene rings is 2. The van der Waals surface area contributed by atoms with Gasteiger partial charge in [0.25, 0.3) is 5.91 Å². The van der Waals surface area contributed by atoms with Gasteiger partial charge in [0.05, 0.1) is 18.3 Å². The lowest BCUT2D eigenvalue weighted by molar-refractivity contribution is -0.136. The Kier molecular flexibility index (Phi) is 4.58. The molecule has 3 rings (SSSR count). The van der Waals surface area contributed by atoms with Crippen LogP contribution in [0.15, 0.2) is 65.4 Å². The first-order valence-electron chi connectivity index (χ1n) is 7.83. The summed E-state index contributed by atoms with van der Waals surface area (Å²) in [6.07, 6.45) is 1.44. The smallest absolute Gasteiger partial charge is 0.340 e. The molecule has 0 saturated carbocycles. The Bertz CT molecular complexity index is 945. The number of carbonyl (C=O) groups excluding carboxylic acids is 2. The summed E-state index contributed by atoms with van der Waals surface area (Å²) in [6.45, 7) is 1.61. The number of phenols is 1. The molecule has 0 aliphatic carbocycles. The maximum absolute atomic E-state index is 13.2. The van der Waals surface area contributed by atoms with Crippen LogP contribution in [0.25, 0.3) is 6.08 Å². The van der Waals surface area contributed by atoms with Crippen molar-refractivity contribution < 1.29 is 23.8 Å². The van der Waals surface area contributed by atoms with Gasteiger partial charge in [-0.05, 0) is 43.3 Å². The highest BCUT2D eigenvalue weighted by atomic mass is 19.1. The lowest BCUT2D eigenvalue weighted by atomic mass is 10.0. The topological polar surface area (TPSA) is 66.8 Å². The van der Waals surface area contributed by atoms with Gasteiger partial charge in [0.15, 0.2) is 0 Å². The van der Waals surface area contributed by atoms with E-state index in [4.69, 9.17) is 4.74 Å². The quantitative estimate of drug-likeness (QED) is 0.678. The van der Waals surface area contributed by atoms with Gasteiger partial charge in [-0.25, -0.2) is 9.18 Å². The Balaban J connectivity index is 2.15. The van der Waals surface area contributed by atoms with Crippen LogP contribution in [-0.4, -0.2) is 24.1 Å². The molecule has 2 aromatic rings. The number of amides is 1. The number of phenolic OH excluding ortho intramolecular Hbond substituents is 1. The number of carbonyl (C=O) groups is 2. The molecule has 0 spiro atoms. The molecule has 1 aliphatic rings. The van der Waals surface area contributed by atoms with Crippen molar-refractivity contribution in [2.75, 3.05) is 12.0 Å². The highest BCUT2D eigenvalue weighted by Gasteiger charge is 2.38. The maximum atomic E-state index is 13.2. The monoisotopic (exact) mass is 353 g/mol. The fourth-order valence-electron chi connectivity index (χ4n) is 2.85. The number of allylic oxidation sites excluding steroid dienone is 1. The van der Waals surface area contributed by atoms with Crippen LogP contribution in [0, 0.1) is 5.82 Å². The van der Waals surface area contributed by atoms with Crippen LogP contribution in [-0.2, 0) is 14.3 Å². The molecule has 1 heterocycles. The molecule has 26 heavy (non-hydrogen) atoms. The minimum absolute atomic E-state index is 0.0186. The first-order chi connectivity index (χ1) is 12.4. The molecule has 1 aliphatic heterocycles. The first kappa shape index (κ1) is 17.4. The number of hydrogen-bond donors (Lipinski definition) is 1. The standard InChI is InChI=1S/C20H16FNO4/c1-12-18(20(25)26-2)16(11-13-5-3-4-6-17(13)23)19(24)22(12)15-9-7-14(21)8-10-15/h3-11,23H,1-2H3/b16-11+. The predicted molar refractivity (Wildman–Crippen MR) is 94.7 cm³/mol. The Hall–Kier alpha value is -3.41. The molecule has 0 radical (unpaired) electrons. The van der Waals surface area contributed by atoms with Gasteiger partial charge in [-0.3, -0.25) is 9.69 Å². The van der Waals surface area contributed by atoms with E-state index in [1.54, 1.807) is 25.1 Å². The minimum Gasteiger partial charge on any atom is -0.507 e. The highest BCUT2D eigenvalue weighted by Crippen LogP contribution is 2.36. The van der Waals surface area contributed by atoms with Crippen LogP contribution in [0.4, 0.5) is 10.1 Å². The van der Waals surface area contributed by atoms with Crippen molar-refractivity contribution >= 4 is 23.6 Å². The molecule has 6 heteroatoms.